The van der Waals surface area contributed by atoms with Crippen molar-refractivity contribution in [3.63, 3.8) is 0 Å². The summed E-state index contributed by atoms with van der Waals surface area (Å²) in [5.74, 6) is 1.00. The Kier molecular flexibility index (Phi) is 6.09. The van der Waals surface area contributed by atoms with Crippen LogP contribution in [0.5, 0.6) is 5.75 Å². The minimum absolute atomic E-state index is 0.144. The fourth-order valence-corrected chi connectivity index (χ4v) is 3.12. The monoisotopic (exact) mass is 362 g/mol. The Balaban J connectivity index is 1.40. The van der Waals surface area contributed by atoms with E-state index in [0.717, 1.165) is 55.6 Å². The summed E-state index contributed by atoms with van der Waals surface area (Å²) in [6.45, 7) is 6.49. The molecule has 0 radical (unpaired) electrons. The molecule has 1 aromatic carbocycles. The average Bonchev–Trinajstić information content (AvgIpc) is 3.41. The summed E-state index contributed by atoms with van der Waals surface area (Å²) in [7, 11) is 0. The first-order chi connectivity index (χ1) is 12.1. The number of hydrogen-bond donors (Lipinski definition) is 2. The average molecular weight is 362 g/mol. The molecule has 6 nitrogen and oxygen atoms in total. The molecule has 2 aliphatic rings. The van der Waals surface area contributed by atoms with Crippen LogP contribution in [-0.4, -0.2) is 66.2 Å². The second kappa shape index (κ2) is 8.49. The van der Waals surface area contributed by atoms with Crippen molar-refractivity contribution < 1.29 is 9.53 Å². The van der Waals surface area contributed by atoms with Gasteiger partial charge in [-0.1, -0.05) is 0 Å². The number of anilines is 1. The zero-order valence-corrected chi connectivity index (χ0v) is 15.5. The second-order valence-corrected chi connectivity index (χ2v) is 6.88. The Bertz CT molecular complexity index is 596. The summed E-state index contributed by atoms with van der Waals surface area (Å²) in [5, 5.41) is 7.04. The molecular weight excluding hydrogens is 336 g/mol. The predicted molar refractivity (Wildman–Crippen MR) is 103 cm³/mol. The number of benzene rings is 1. The van der Waals surface area contributed by atoms with Crippen LogP contribution in [0.25, 0.3) is 0 Å². The van der Waals surface area contributed by atoms with Gasteiger partial charge in [-0.25, -0.2) is 0 Å². The van der Waals surface area contributed by atoms with E-state index in [4.69, 9.17) is 17.0 Å². The predicted octanol–water partition coefficient (Wildman–Crippen LogP) is 1.68. The van der Waals surface area contributed by atoms with Crippen molar-refractivity contribution in [2.24, 2.45) is 0 Å². The van der Waals surface area contributed by atoms with Gasteiger partial charge >= 0.3 is 0 Å². The first kappa shape index (κ1) is 17.9. The van der Waals surface area contributed by atoms with Crippen molar-refractivity contribution in [3.8, 4) is 5.75 Å². The van der Waals surface area contributed by atoms with Crippen LogP contribution >= 0.6 is 12.2 Å². The van der Waals surface area contributed by atoms with Gasteiger partial charge in [0.25, 0.3) is 0 Å². The van der Waals surface area contributed by atoms with Crippen molar-refractivity contribution in [2.45, 2.75) is 25.8 Å². The van der Waals surface area contributed by atoms with E-state index in [1.165, 1.54) is 0 Å². The molecule has 1 heterocycles. The molecule has 0 unspecified atom stereocenters. The van der Waals surface area contributed by atoms with E-state index in [9.17, 15) is 4.79 Å². The lowest BCUT2D eigenvalue weighted by molar-refractivity contribution is -0.122. The van der Waals surface area contributed by atoms with Gasteiger partial charge in [-0.3, -0.25) is 9.69 Å². The fourth-order valence-electron chi connectivity index (χ4n) is 2.82. The molecule has 136 valence electrons. The Labute approximate surface area is 154 Å². The van der Waals surface area contributed by atoms with Crippen molar-refractivity contribution in [2.75, 3.05) is 44.6 Å². The highest BCUT2D eigenvalue weighted by atomic mass is 32.1. The Morgan fingerprint density at radius 2 is 1.88 bits per heavy atom. The summed E-state index contributed by atoms with van der Waals surface area (Å²) in [4.78, 5) is 16.2. The normalized spacial score (nSPS) is 17.9. The molecule has 0 aromatic heterocycles. The zero-order valence-electron chi connectivity index (χ0n) is 14.7. The molecule has 1 saturated heterocycles. The van der Waals surface area contributed by atoms with Gasteiger partial charge in [0, 0.05) is 37.9 Å². The number of carbonyl (C=O) groups excluding carboxylic acids is 1. The molecule has 2 N–H and O–H groups in total. The third-order valence-corrected chi connectivity index (χ3v) is 4.75. The Morgan fingerprint density at radius 1 is 1.20 bits per heavy atom. The first-order valence-corrected chi connectivity index (χ1v) is 9.35. The van der Waals surface area contributed by atoms with Crippen LogP contribution in [0.3, 0.4) is 0 Å². The van der Waals surface area contributed by atoms with Crippen LogP contribution in [0, 0.1) is 0 Å². The topological polar surface area (TPSA) is 56.8 Å². The molecule has 1 aromatic rings. The summed E-state index contributed by atoms with van der Waals surface area (Å²) in [5.41, 5.74) is 0.958. The SMILES string of the molecule is CCOc1ccc(NC(=S)N2CCN(CC(=O)NC3CC3)CC2)cc1. The summed E-state index contributed by atoms with van der Waals surface area (Å²) in [6.07, 6.45) is 2.26. The lowest BCUT2D eigenvalue weighted by atomic mass is 10.3. The van der Waals surface area contributed by atoms with Crippen LogP contribution in [0.15, 0.2) is 24.3 Å². The lowest BCUT2D eigenvalue weighted by Crippen LogP contribution is -2.52. The van der Waals surface area contributed by atoms with Gasteiger partial charge in [0.15, 0.2) is 5.11 Å². The number of nitrogens with one attached hydrogen (secondary N) is 2. The van der Waals surface area contributed by atoms with E-state index in [2.05, 4.69) is 20.4 Å². The number of ether oxygens (including phenoxy) is 1. The molecule has 7 heteroatoms. The molecule has 1 aliphatic carbocycles. The van der Waals surface area contributed by atoms with Crippen LogP contribution < -0.4 is 15.4 Å². The second-order valence-electron chi connectivity index (χ2n) is 6.49. The van der Waals surface area contributed by atoms with Gasteiger partial charge in [-0.2, -0.15) is 0 Å². The third-order valence-electron chi connectivity index (χ3n) is 4.39. The van der Waals surface area contributed by atoms with Crippen LogP contribution in [-0.2, 0) is 4.79 Å². The van der Waals surface area contributed by atoms with Crippen LogP contribution in [0.1, 0.15) is 19.8 Å². The van der Waals surface area contributed by atoms with E-state index in [-0.39, 0.29) is 5.91 Å². The Morgan fingerprint density at radius 3 is 2.48 bits per heavy atom. The highest BCUT2D eigenvalue weighted by molar-refractivity contribution is 7.80. The number of rotatable bonds is 6. The minimum Gasteiger partial charge on any atom is -0.494 e. The molecule has 0 bridgehead atoms. The van der Waals surface area contributed by atoms with E-state index >= 15 is 0 Å². The smallest absolute Gasteiger partial charge is 0.234 e. The molecule has 1 amide bonds. The maximum Gasteiger partial charge on any atom is 0.234 e. The molecular formula is C18H26N4O2S. The van der Waals surface area contributed by atoms with Crippen LogP contribution in [0.4, 0.5) is 5.69 Å². The molecule has 25 heavy (non-hydrogen) atoms. The first-order valence-electron chi connectivity index (χ1n) is 8.94. The molecule has 0 atom stereocenters. The Hall–Kier alpha value is -1.86. The number of nitrogens with zero attached hydrogens (tertiary/aromatic N) is 2. The van der Waals surface area contributed by atoms with E-state index in [0.29, 0.717) is 19.2 Å². The maximum absolute atomic E-state index is 11.9. The van der Waals surface area contributed by atoms with Crippen molar-refractivity contribution >= 4 is 28.9 Å². The molecule has 1 aliphatic heterocycles. The summed E-state index contributed by atoms with van der Waals surface area (Å²) in [6, 6.07) is 8.24. The molecule has 1 saturated carbocycles. The summed E-state index contributed by atoms with van der Waals surface area (Å²) >= 11 is 5.52. The number of thiocarbonyl (C=S) groups is 1. The van der Waals surface area contributed by atoms with Gasteiger partial charge in [0.05, 0.1) is 13.2 Å². The van der Waals surface area contributed by atoms with Gasteiger partial charge < -0.3 is 20.3 Å². The lowest BCUT2D eigenvalue weighted by Gasteiger charge is -2.35. The van der Waals surface area contributed by atoms with Gasteiger partial charge in [0.2, 0.25) is 5.91 Å². The maximum atomic E-state index is 11.9. The third kappa shape index (κ3) is 5.57. The molecule has 2 fully saturated rings. The van der Waals surface area contributed by atoms with Crippen molar-refractivity contribution in [3.05, 3.63) is 24.3 Å². The van der Waals surface area contributed by atoms with Gasteiger partial charge in [-0.15, -0.1) is 0 Å². The number of carbonyl (C=O) groups is 1. The van der Waals surface area contributed by atoms with E-state index < -0.39 is 0 Å². The number of amides is 1. The number of piperazine rings is 1. The quantitative estimate of drug-likeness (QED) is 0.751. The van der Waals surface area contributed by atoms with E-state index in [1.807, 2.05) is 31.2 Å². The van der Waals surface area contributed by atoms with Crippen molar-refractivity contribution in [1.82, 2.24) is 15.1 Å². The molecule has 3 rings (SSSR count). The highest BCUT2D eigenvalue weighted by Gasteiger charge is 2.25. The minimum atomic E-state index is 0.144. The summed E-state index contributed by atoms with van der Waals surface area (Å²) < 4.78 is 5.44. The largest absolute Gasteiger partial charge is 0.494 e. The van der Waals surface area contributed by atoms with Crippen LogP contribution in [0.2, 0.25) is 0 Å². The molecule has 0 spiro atoms. The standard InChI is InChI=1S/C18H26N4O2S/c1-2-24-16-7-5-15(6-8-16)20-18(25)22-11-9-21(10-12-22)13-17(23)19-14-3-4-14/h5-8,14H,2-4,9-13H2,1H3,(H,19,23)(H,20,25). The van der Waals surface area contributed by atoms with E-state index in [1.54, 1.807) is 0 Å². The number of hydrogen-bond acceptors (Lipinski definition) is 4. The fraction of sp³-hybridized carbons (Fsp3) is 0.556. The zero-order chi connectivity index (χ0) is 17.6. The highest BCUT2D eigenvalue weighted by Crippen LogP contribution is 2.18. The van der Waals surface area contributed by atoms with Crippen molar-refractivity contribution in [1.29, 1.82) is 0 Å². The van der Waals surface area contributed by atoms with Gasteiger partial charge in [0.1, 0.15) is 5.75 Å². The van der Waals surface area contributed by atoms with Gasteiger partial charge in [-0.05, 0) is 56.2 Å².